The second-order valence-corrected chi connectivity index (χ2v) is 6.31. The molecule has 2 heterocycles. The second kappa shape index (κ2) is 7.11. The number of rotatable bonds is 7. The van der Waals surface area contributed by atoms with Crippen LogP contribution in [-0.2, 0) is 0 Å². The number of nitrogens with zero attached hydrogens (tertiary/aromatic N) is 3. The lowest BCUT2D eigenvalue weighted by Gasteiger charge is -2.31. The molecule has 1 aliphatic carbocycles. The molecule has 0 radical (unpaired) electrons. The molecule has 0 spiro atoms. The van der Waals surface area contributed by atoms with E-state index in [0.29, 0.717) is 24.5 Å². The van der Waals surface area contributed by atoms with Crippen LogP contribution in [0.2, 0.25) is 0 Å². The van der Waals surface area contributed by atoms with E-state index in [-0.39, 0.29) is 0 Å². The number of anilines is 3. The molecule has 2 fully saturated rings. The molecule has 122 valence electrons. The number of piperidine rings is 1. The van der Waals surface area contributed by atoms with Gasteiger partial charge < -0.3 is 26.4 Å². The van der Waals surface area contributed by atoms with E-state index < -0.39 is 0 Å². The van der Waals surface area contributed by atoms with Crippen molar-refractivity contribution in [3.8, 4) is 0 Å². The maximum atomic E-state index is 9.16. The van der Waals surface area contributed by atoms with Gasteiger partial charge in [0.25, 0.3) is 0 Å². The molecule has 1 aromatic heterocycles. The molecular formula is C15H26N6O. The summed E-state index contributed by atoms with van der Waals surface area (Å²) in [6.07, 6.45) is 4.59. The molecular weight excluding hydrogens is 280 g/mol. The predicted molar refractivity (Wildman–Crippen MR) is 87.8 cm³/mol. The Kier molecular flexibility index (Phi) is 4.94. The van der Waals surface area contributed by atoms with Gasteiger partial charge in [-0.2, -0.15) is 9.97 Å². The molecule has 1 aliphatic heterocycles. The molecule has 5 N–H and O–H groups in total. The Morgan fingerprint density at radius 1 is 1.18 bits per heavy atom. The predicted octanol–water partition coefficient (Wildman–Crippen LogP) is 0.749. The Balaban J connectivity index is 1.44. The fraction of sp³-hybridized carbons (Fsp3) is 0.733. The Hall–Kier alpha value is -1.60. The van der Waals surface area contributed by atoms with Crippen molar-refractivity contribution in [2.24, 2.45) is 5.92 Å². The fourth-order valence-electron chi connectivity index (χ4n) is 2.80. The molecule has 7 nitrogen and oxygen atoms in total. The van der Waals surface area contributed by atoms with Crippen molar-refractivity contribution in [2.75, 3.05) is 49.2 Å². The van der Waals surface area contributed by atoms with Gasteiger partial charge >= 0.3 is 0 Å². The van der Waals surface area contributed by atoms with Crippen molar-refractivity contribution in [3.63, 3.8) is 0 Å². The van der Waals surface area contributed by atoms with Gasteiger partial charge in [-0.25, -0.2) is 0 Å². The van der Waals surface area contributed by atoms with Gasteiger partial charge in [-0.05, 0) is 44.7 Å². The van der Waals surface area contributed by atoms with E-state index >= 15 is 0 Å². The van der Waals surface area contributed by atoms with Gasteiger partial charge in [-0.1, -0.05) is 0 Å². The van der Waals surface area contributed by atoms with Crippen molar-refractivity contribution in [1.82, 2.24) is 14.9 Å². The van der Waals surface area contributed by atoms with Crippen LogP contribution in [0.3, 0.4) is 0 Å². The minimum absolute atomic E-state index is 0.303. The van der Waals surface area contributed by atoms with E-state index in [1.54, 1.807) is 0 Å². The Morgan fingerprint density at radius 2 is 1.91 bits per heavy atom. The van der Waals surface area contributed by atoms with Crippen molar-refractivity contribution in [2.45, 2.75) is 31.7 Å². The standard InChI is InChI=1S/C15H26N6O/c16-15-19-13(9-14(20-15)18-12-1-2-12)17-5-8-21-6-3-11(10-22)4-7-21/h9,11-12,22H,1-8,10H2,(H4,16,17,18,19,20). The van der Waals surface area contributed by atoms with E-state index in [1.807, 2.05) is 6.07 Å². The average Bonchev–Trinajstić information content (AvgIpc) is 3.31. The van der Waals surface area contributed by atoms with Crippen LogP contribution in [0.1, 0.15) is 25.7 Å². The number of aliphatic hydroxyl groups is 1. The first-order valence-corrected chi connectivity index (χ1v) is 8.21. The van der Waals surface area contributed by atoms with Gasteiger partial charge in [-0.15, -0.1) is 0 Å². The summed E-state index contributed by atoms with van der Waals surface area (Å²) in [4.78, 5) is 10.9. The lowest BCUT2D eigenvalue weighted by molar-refractivity contribution is 0.134. The highest BCUT2D eigenvalue weighted by Gasteiger charge is 2.22. The lowest BCUT2D eigenvalue weighted by atomic mass is 9.98. The van der Waals surface area contributed by atoms with Crippen LogP contribution in [0.25, 0.3) is 0 Å². The van der Waals surface area contributed by atoms with Crippen LogP contribution >= 0.6 is 0 Å². The molecule has 3 rings (SSSR count). The largest absolute Gasteiger partial charge is 0.396 e. The van der Waals surface area contributed by atoms with Crippen LogP contribution in [0.5, 0.6) is 0 Å². The molecule has 1 aromatic rings. The fourth-order valence-corrected chi connectivity index (χ4v) is 2.80. The maximum Gasteiger partial charge on any atom is 0.223 e. The molecule has 0 aromatic carbocycles. The van der Waals surface area contributed by atoms with Crippen LogP contribution < -0.4 is 16.4 Å². The first-order chi connectivity index (χ1) is 10.7. The van der Waals surface area contributed by atoms with Gasteiger partial charge in [0.15, 0.2) is 0 Å². The summed E-state index contributed by atoms with van der Waals surface area (Å²) >= 11 is 0. The van der Waals surface area contributed by atoms with E-state index in [9.17, 15) is 0 Å². The number of aromatic nitrogens is 2. The van der Waals surface area contributed by atoms with Gasteiger partial charge in [0.2, 0.25) is 5.95 Å². The molecule has 0 bridgehead atoms. The Labute approximate surface area is 131 Å². The summed E-state index contributed by atoms with van der Waals surface area (Å²) in [5.74, 6) is 2.38. The second-order valence-electron chi connectivity index (χ2n) is 6.31. The molecule has 22 heavy (non-hydrogen) atoms. The van der Waals surface area contributed by atoms with E-state index in [2.05, 4.69) is 25.5 Å². The minimum Gasteiger partial charge on any atom is -0.396 e. The third-order valence-electron chi connectivity index (χ3n) is 4.37. The zero-order chi connectivity index (χ0) is 15.4. The van der Waals surface area contributed by atoms with Gasteiger partial charge in [0.1, 0.15) is 11.6 Å². The molecule has 1 saturated carbocycles. The first kappa shape index (κ1) is 15.3. The third kappa shape index (κ3) is 4.45. The summed E-state index contributed by atoms with van der Waals surface area (Å²) in [5.41, 5.74) is 5.76. The molecule has 0 atom stereocenters. The number of nitrogens with one attached hydrogen (secondary N) is 2. The van der Waals surface area contributed by atoms with Gasteiger partial charge in [0, 0.05) is 31.8 Å². The Morgan fingerprint density at radius 3 is 2.59 bits per heavy atom. The number of likely N-dealkylation sites (tertiary alicyclic amines) is 1. The number of aliphatic hydroxyl groups excluding tert-OH is 1. The summed E-state index contributed by atoms with van der Waals surface area (Å²) in [7, 11) is 0. The zero-order valence-corrected chi connectivity index (χ0v) is 13.0. The first-order valence-electron chi connectivity index (χ1n) is 8.21. The zero-order valence-electron chi connectivity index (χ0n) is 13.0. The summed E-state index contributed by atoms with van der Waals surface area (Å²) in [6, 6.07) is 2.47. The van der Waals surface area contributed by atoms with Crippen molar-refractivity contribution in [3.05, 3.63) is 6.07 Å². The average molecular weight is 306 g/mol. The van der Waals surface area contributed by atoms with Crippen molar-refractivity contribution < 1.29 is 5.11 Å². The van der Waals surface area contributed by atoms with Gasteiger partial charge in [0.05, 0.1) is 0 Å². The maximum absolute atomic E-state index is 9.16. The number of hydrogen-bond donors (Lipinski definition) is 4. The SMILES string of the molecule is Nc1nc(NCCN2CCC(CO)CC2)cc(NC2CC2)n1. The van der Waals surface area contributed by atoms with Crippen molar-refractivity contribution in [1.29, 1.82) is 0 Å². The van der Waals surface area contributed by atoms with E-state index in [1.165, 1.54) is 12.8 Å². The summed E-state index contributed by atoms with van der Waals surface area (Å²) < 4.78 is 0. The van der Waals surface area contributed by atoms with Crippen LogP contribution in [0, 0.1) is 5.92 Å². The van der Waals surface area contributed by atoms with E-state index in [4.69, 9.17) is 10.8 Å². The molecule has 0 unspecified atom stereocenters. The summed E-state index contributed by atoms with van der Waals surface area (Å²) in [6.45, 7) is 4.26. The molecule has 0 amide bonds. The van der Waals surface area contributed by atoms with Crippen LogP contribution in [0.15, 0.2) is 6.07 Å². The highest BCUT2D eigenvalue weighted by atomic mass is 16.3. The van der Waals surface area contributed by atoms with Gasteiger partial charge in [-0.3, -0.25) is 0 Å². The normalized spacial score (nSPS) is 20.0. The minimum atomic E-state index is 0.303. The van der Waals surface area contributed by atoms with E-state index in [0.717, 1.165) is 50.7 Å². The smallest absolute Gasteiger partial charge is 0.223 e. The summed E-state index contributed by atoms with van der Waals surface area (Å²) in [5, 5.41) is 15.8. The van der Waals surface area contributed by atoms with Crippen LogP contribution in [0.4, 0.5) is 17.6 Å². The molecule has 1 saturated heterocycles. The molecule has 2 aliphatic rings. The number of nitrogens with two attached hydrogens (primary N) is 1. The highest BCUT2D eigenvalue weighted by molar-refractivity contribution is 5.51. The highest BCUT2D eigenvalue weighted by Crippen LogP contribution is 2.24. The quantitative estimate of drug-likeness (QED) is 0.590. The van der Waals surface area contributed by atoms with Crippen molar-refractivity contribution >= 4 is 17.6 Å². The third-order valence-corrected chi connectivity index (χ3v) is 4.37. The topological polar surface area (TPSA) is 99.3 Å². The lowest BCUT2D eigenvalue weighted by Crippen LogP contribution is -2.37. The van der Waals surface area contributed by atoms with Crippen LogP contribution in [-0.4, -0.2) is 58.8 Å². The Bertz CT molecular complexity index is 485. The molecule has 7 heteroatoms. The number of hydrogen-bond acceptors (Lipinski definition) is 7. The monoisotopic (exact) mass is 306 g/mol. The number of nitrogen functional groups attached to an aromatic ring is 1.